The van der Waals surface area contributed by atoms with Gasteiger partial charge in [-0.05, 0) is 128 Å². The smallest absolute Gasteiger partial charge is 0.122 e. The number of phenolic OH excluding ortho intramolecular Hbond substituents is 3. The van der Waals surface area contributed by atoms with Crippen LogP contribution in [0.3, 0.4) is 0 Å². The van der Waals surface area contributed by atoms with Crippen LogP contribution in [0.5, 0.6) is 17.2 Å². The summed E-state index contributed by atoms with van der Waals surface area (Å²) in [6, 6.07) is 8.55. The van der Waals surface area contributed by atoms with Crippen LogP contribution in [0.25, 0.3) is 0 Å². The normalized spacial score (nSPS) is 14.5. The van der Waals surface area contributed by atoms with E-state index in [-0.39, 0.29) is 0 Å². The third-order valence-corrected chi connectivity index (χ3v) is 8.43. The van der Waals surface area contributed by atoms with Crippen molar-refractivity contribution in [2.75, 3.05) is 0 Å². The molecule has 3 aromatic carbocycles. The van der Waals surface area contributed by atoms with Crippen molar-refractivity contribution in [1.82, 2.24) is 0 Å². The van der Waals surface area contributed by atoms with Crippen LogP contribution in [0, 0.1) is 41.5 Å². The summed E-state index contributed by atoms with van der Waals surface area (Å²) in [5.41, 5.74) is 11.5. The molecule has 1 aliphatic rings. The Kier molecular flexibility index (Phi) is 7.17. The van der Waals surface area contributed by atoms with Crippen molar-refractivity contribution in [3.63, 3.8) is 0 Å². The first-order chi connectivity index (χ1) is 16.6. The molecule has 0 bridgehead atoms. The summed E-state index contributed by atoms with van der Waals surface area (Å²) >= 11 is 0. The Morgan fingerprint density at radius 2 is 1.09 bits per heavy atom. The molecule has 1 aliphatic carbocycles. The van der Waals surface area contributed by atoms with Gasteiger partial charge in [-0.3, -0.25) is 0 Å². The number of aromatic hydroxyl groups is 3. The molecule has 0 radical (unpaired) electrons. The van der Waals surface area contributed by atoms with Gasteiger partial charge in [-0.15, -0.1) is 0 Å². The van der Waals surface area contributed by atoms with Gasteiger partial charge in [0.05, 0.1) is 0 Å². The molecule has 0 heterocycles. The lowest BCUT2D eigenvalue weighted by molar-refractivity contribution is 0.411. The molecule has 4 rings (SSSR count). The van der Waals surface area contributed by atoms with Crippen molar-refractivity contribution in [3.8, 4) is 17.2 Å². The first-order valence-electron chi connectivity index (χ1n) is 13.0. The van der Waals surface area contributed by atoms with Crippen molar-refractivity contribution in [2.24, 2.45) is 0 Å². The number of benzene rings is 3. The summed E-state index contributed by atoms with van der Waals surface area (Å²) in [6.45, 7) is 12.0. The van der Waals surface area contributed by atoms with E-state index in [4.69, 9.17) is 0 Å². The van der Waals surface area contributed by atoms with Crippen molar-refractivity contribution < 1.29 is 15.3 Å². The summed E-state index contributed by atoms with van der Waals surface area (Å²) in [7, 11) is 0. The fourth-order valence-electron chi connectivity index (χ4n) is 5.85. The molecule has 0 unspecified atom stereocenters. The first kappa shape index (κ1) is 25.2. The Balaban J connectivity index is 1.81. The minimum absolute atomic E-state index is 0.362. The lowest BCUT2D eigenvalue weighted by Crippen LogP contribution is -2.08. The van der Waals surface area contributed by atoms with Crippen LogP contribution >= 0.6 is 0 Å². The summed E-state index contributed by atoms with van der Waals surface area (Å²) in [4.78, 5) is 0. The Bertz CT molecular complexity index is 1260. The van der Waals surface area contributed by atoms with E-state index in [9.17, 15) is 15.3 Å². The van der Waals surface area contributed by atoms with Crippen LogP contribution in [-0.4, -0.2) is 15.3 Å². The molecule has 3 nitrogen and oxygen atoms in total. The van der Waals surface area contributed by atoms with Gasteiger partial charge in [-0.1, -0.05) is 43.5 Å². The van der Waals surface area contributed by atoms with E-state index in [0.29, 0.717) is 29.6 Å². The number of hydrogen-bond acceptors (Lipinski definition) is 3. The molecule has 0 aromatic heterocycles. The fourth-order valence-corrected chi connectivity index (χ4v) is 5.85. The minimum Gasteiger partial charge on any atom is -0.507 e. The maximum absolute atomic E-state index is 11.5. The predicted molar refractivity (Wildman–Crippen MR) is 144 cm³/mol. The molecular formula is C32H40O3. The van der Waals surface area contributed by atoms with Crippen LogP contribution in [0.4, 0.5) is 0 Å². The highest BCUT2D eigenvalue weighted by Gasteiger charge is 2.23. The zero-order chi connectivity index (χ0) is 25.4. The van der Waals surface area contributed by atoms with Gasteiger partial charge in [-0.2, -0.15) is 0 Å². The van der Waals surface area contributed by atoms with Crippen molar-refractivity contribution in [2.45, 2.75) is 92.4 Å². The van der Waals surface area contributed by atoms with E-state index >= 15 is 0 Å². The number of phenols is 3. The monoisotopic (exact) mass is 472 g/mol. The van der Waals surface area contributed by atoms with Gasteiger partial charge in [0.25, 0.3) is 0 Å². The SMILES string of the molecule is Cc1cc(Cc2cc(Cc3cc(C)c(O)c(C)c3C)c(O)c(C3CCCCC3)c2)c(C)c(C)c1O. The molecule has 186 valence electrons. The Labute approximate surface area is 210 Å². The van der Waals surface area contributed by atoms with Crippen LogP contribution in [0.1, 0.15) is 99.2 Å². The van der Waals surface area contributed by atoms with Crippen LogP contribution in [0.15, 0.2) is 24.3 Å². The fraction of sp³-hybridized carbons (Fsp3) is 0.438. The largest absolute Gasteiger partial charge is 0.507 e. The second-order valence-corrected chi connectivity index (χ2v) is 10.8. The molecule has 1 fully saturated rings. The predicted octanol–water partition coefficient (Wildman–Crippen LogP) is 7.88. The summed E-state index contributed by atoms with van der Waals surface area (Å²) in [5, 5.41) is 32.2. The average Bonchev–Trinajstić information content (AvgIpc) is 2.85. The Morgan fingerprint density at radius 3 is 1.63 bits per heavy atom. The molecule has 35 heavy (non-hydrogen) atoms. The maximum atomic E-state index is 11.5. The van der Waals surface area contributed by atoms with Crippen LogP contribution in [-0.2, 0) is 12.8 Å². The third-order valence-electron chi connectivity index (χ3n) is 8.43. The van der Waals surface area contributed by atoms with Crippen molar-refractivity contribution in [1.29, 1.82) is 0 Å². The number of hydrogen-bond donors (Lipinski definition) is 3. The van der Waals surface area contributed by atoms with E-state index in [0.717, 1.165) is 69.3 Å². The second kappa shape index (κ2) is 9.97. The molecule has 0 aliphatic heterocycles. The Morgan fingerprint density at radius 1 is 0.571 bits per heavy atom. The average molecular weight is 473 g/mol. The van der Waals surface area contributed by atoms with E-state index in [1.807, 2.05) is 27.7 Å². The van der Waals surface area contributed by atoms with Gasteiger partial charge in [0.1, 0.15) is 17.2 Å². The molecule has 0 atom stereocenters. The highest BCUT2D eigenvalue weighted by Crippen LogP contribution is 2.41. The number of rotatable bonds is 5. The molecule has 1 saturated carbocycles. The van der Waals surface area contributed by atoms with E-state index in [1.54, 1.807) is 0 Å². The summed E-state index contributed by atoms with van der Waals surface area (Å²) < 4.78 is 0. The van der Waals surface area contributed by atoms with E-state index in [2.05, 4.69) is 38.1 Å². The van der Waals surface area contributed by atoms with Gasteiger partial charge in [0, 0.05) is 6.42 Å². The lowest BCUT2D eigenvalue weighted by Gasteiger charge is -2.25. The third kappa shape index (κ3) is 4.91. The maximum Gasteiger partial charge on any atom is 0.122 e. The molecule has 0 amide bonds. The van der Waals surface area contributed by atoms with Crippen LogP contribution in [0.2, 0.25) is 0 Å². The van der Waals surface area contributed by atoms with Gasteiger partial charge in [0.2, 0.25) is 0 Å². The first-order valence-corrected chi connectivity index (χ1v) is 13.0. The van der Waals surface area contributed by atoms with Gasteiger partial charge < -0.3 is 15.3 Å². The van der Waals surface area contributed by atoms with Crippen molar-refractivity contribution in [3.05, 3.63) is 85.5 Å². The molecular weight excluding hydrogens is 432 g/mol. The van der Waals surface area contributed by atoms with E-state index < -0.39 is 0 Å². The Hall–Kier alpha value is -2.94. The summed E-state index contributed by atoms with van der Waals surface area (Å²) in [5.74, 6) is 1.59. The summed E-state index contributed by atoms with van der Waals surface area (Å²) in [6.07, 6.45) is 7.38. The highest BCUT2D eigenvalue weighted by atomic mass is 16.3. The quantitative estimate of drug-likeness (QED) is 0.354. The lowest BCUT2D eigenvalue weighted by atomic mass is 9.81. The van der Waals surface area contributed by atoms with Crippen LogP contribution < -0.4 is 0 Å². The van der Waals surface area contributed by atoms with Gasteiger partial charge in [0.15, 0.2) is 0 Å². The molecule has 3 aromatic rings. The van der Waals surface area contributed by atoms with Gasteiger partial charge >= 0.3 is 0 Å². The minimum atomic E-state index is 0.362. The highest BCUT2D eigenvalue weighted by molar-refractivity contribution is 5.54. The number of aryl methyl sites for hydroxylation is 2. The zero-order valence-electron chi connectivity index (χ0n) is 22.2. The zero-order valence-corrected chi connectivity index (χ0v) is 22.2. The van der Waals surface area contributed by atoms with Gasteiger partial charge in [-0.25, -0.2) is 0 Å². The molecule has 3 heteroatoms. The molecule has 0 spiro atoms. The van der Waals surface area contributed by atoms with E-state index in [1.165, 1.54) is 30.4 Å². The second-order valence-electron chi connectivity index (χ2n) is 10.8. The standard InChI is InChI=1S/C32H40O3/c1-18-12-26(20(3)22(5)30(18)33)14-24-15-28(17-27-13-19(2)31(34)23(6)21(27)4)32(35)29(16-24)25-10-8-7-9-11-25/h12-13,15-16,25,33-35H,7-11,14,17H2,1-6H3. The molecule has 0 saturated heterocycles. The molecule has 3 N–H and O–H groups in total. The van der Waals surface area contributed by atoms with Crippen molar-refractivity contribution >= 4 is 0 Å². The topological polar surface area (TPSA) is 60.7 Å².